The van der Waals surface area contributed by atoms with Gasteiger partial charge < -0.3 is 4.90 Å². The number of nitrogens with zero attached hydrogens (tertiary/aromatic N) is 1. The summed E-state index contributed by atoms with van der Waals surface area (Å²) in [6.45, 7) is 0. The zero-order valence-electron chi connectivity index (χ0n) is 6.87. The number of hydrogen-bond acceptors (Lipinski definition) is 2. The van der Waals surface area contributed by atoms with Crippen LogP contribution in [-0.2, 0) is 4.79 Å². The van der Waals surface area contributed by atoms with Crippen molar-refractivity contribution in [2.45, 2.75) is 0 Å². The summed E-state index contributed by atoms with van der Waals surface area (Å²) < 4.78 is 0.928. The van der Waals surface area contributed by atoms with Crippen molar-refractivity contribution in [2.24, 2.45) is 0 Å². The highest BCUT2D eigenvalue weighted by Crippen LogP contribution is 2.31. The minimum Gasteiger partial charge on any atom is -0.307 e. The number of rotatable bonds is 0. The molecule has 0 atom stereocenters. The first-order chi connectivity index (χ1) is 6.13. The quantitative estimate of drug-likeness (QED) is 0.535. The summed E-state index contributed by atoms with van der Waals surface area (Å²) in [5.74, 6) is -0.852. The minimum absolute atomic E-state index is 0.406. The lowest BCUT2D eigenvalue weighted by molar-refractivity contribution is -0.114. The van der Waals surface area contributed by atoms with Crippen LogP contribution in [0.3, 0.4) is 0 Å². The Hall–Kier alpha value is -0.910. The van der Waals surface area contributed by atoms with Crippen LogP contribution in [0.1, 0.15) is 10.4 Å². The Balaban J connectivity index is 2.73. The van der Waals surface area contributed by atoms with Gasteiger partial charge in [-0.15, -0.1) is 0 Å². The van der Waals surface area contributed by atoms with Gasteiger partial charge in [0.1, 0.15) is 0 Å². The molecular formula is C9H6INO2. The molecule has 0 spiro atoms. The maximum absolute atomic E-state index is 11.4. The zero-order chi connectivity index (χ0) is 9.59. The molecule has 0 saturated carbocycles. The lowest BCUT2D eigenvalue weighted by atomic mass is 10.1. The fraction of sp³-hybridized carbons (Fsp3) is 0.111. The number of hydrogen-bond donors (Lipinski definition) is 0. The summed E-state index contributed by atoms with van der Waals surface area (Å²) in [7, 11) is 1.62. The third kappa shape index (κ3) is 1.08. The fourth-order valence-corrected chi connectivity index (χ4v) is 2.27. The number of anilines is 1. The van der Waals surface area contributed by atoms with Crippen LogP contribution in [0.5, 0.6) is 0 Å². The van der Waals surface area contributed by atoms with Gasteiger partial charge in [0.25, 0.3) is 11.7 Å². The second-order valence-corrected chi connectivity index (χ2v) is 3.99. The molecule has 1 aliphatic heterocycles. The van der Waals surface area contributed by atoms with E-state index in [0.717, 1.165) is 9.26 Å². The summed E-state index contributed by atoms with van der Waals surface area (Å²) in [4.78, 5) is 24.1. The molecule has 0 bridgehead atoms. The molecule has 0 aliphatic carbocycles. The Morgan fingerprint density at radius 3 is 2.62 bits per heavy atom. The van der Waals surface area contributed by atoms with Crippen LogP contribution in [0.2, 0.25) is 0 Å². The van der Waals surface area contributed by atoms with Gasteiger partial charge in [-0.2, -0.15) is 0 Å². The maximum atomic E-state index is 11.4. The van der Waals surface area contributed by atoms with Gasteiger partial charge in [-0.1, -0.05) is 6.07 Å². The first kappa shape index (κ1) is 8.68. The van der Waals surface area contributed by atoms with Crippen molar-refractivity contribution in [1.82, 2.24) is 0 Å². The summed E-state index contributed by atoms with van der Waals surface area (Å²) >= 11 is 2.12. The monoisotopic (exact) mass is 287 g/mol. The van der Waals surface area contributed by atoms with E-state index in [1.165, 1.54) is 4.90 Å². The molecule has 1 aliphatic rings. The van der Waals surface area contributed by atoms with Crippen LogP contribution >= 0.6 is 22.6 Å². The second-order valence-electron chi connectivity index (χ2n) is 2.83. The summed E-state index contributed by atoms with van der Waals surface area (Å²) in [6, 6.07) is 5.34. The molecule has 1 aromatic rings. The molecule has 2 rings (SSSR count). The fourth-order valence-electron chi connectivity index (χ4n) is 1.41. The SMILES string of the molecule is CN1C(=O)C(=O)c2cccc(I)c21. The van der Waals surface area contributed by atoms with Gasteiger partial charge in [0.2, 0.25) is 0 Å². The van der Waals surface area contributed by atoms with Crippen molar-refractivity contribution in [1.29, 1.82) is 0 Å². The van der Waals surface area contributed by atoms with E-state index in [9.17, 15) is 9.59 Å². The standard InChI is InChI=1S/C9H6INO2/c1-11-7-5(8(12)9(11)13)3-2-4-6(7)10/h2-4H,1H3. The summed E-state index contributed by atoms with van der Waals surface area (Å²) in [5.41, 5.74) is 1.25. The average Bonchev–Trinajstić information content (AvgIpc) is 2.33. The van der Waals surface area contributed by atoms with Gasteiger partial charge >= 0.3 is 0 Å². The second kappa shape index (κ2) is 2.80. The van der Waals surface area contributed by atoms with E-state index in [1.807, 2.05) is 6.07 Å². The Morgan fingerprint density at radius 1 is 1.31 bits per heavy atom. The van der Waals surface area contributed by atoms with Crippen molar-refractivity contribution in [3.05, 3.63) is 27.3 Å². The predicted octanol–water partition coefficient (Wildman–Crippen LogP) is 1.45. The molecule has 0 saturated heterocycles. The molecule has 0 fully saturated rings. The van der Waals surface area contributed by atoms with E-state index >= 15 is 0 Å². The molecule has 0 aromatic heterocycles. The predicted molar refractivity (Wildman–Crippen MR) is 56.9 cm³/mol. The molecule has 0 radical (unpaired) electrons. The molecular weight excluding hydrogens is 281 g/mol. The van der Waals surface area contributed by atoms with Crippen LogP contribution in [0.4, 0.5) is 5.69 Å². The number of para-hydroxylation sites is 1. The minimum atomic E-state index is -0.445. The molecule has 1 amide bonds. The van der Waals surface area contributed by atoms with E-state index in [0.29, 0.717) is 5.56 Å². The van der Waals surface area contributed by atoms with E-state index < -0.39 is 11.7 Å². The average molecular weight is 287 g/mol. The maximum Gasteiger partial charge on any atom is 0.299 e. The summed E-state index contributed by atoms with van der Waals surface area (Å²) in [6.07, 6.45) is 0. The molecule has 4 heteroatoms. The summed E-state index contributed by atoms with van der Waals surface area (Å²) in [5, 5.41) is 0. The number of halogens is 1. The van der Waals surface area contributed by atoms with E-state index in [2.05, 4.69) is 22.6 Å². The molecule has 1 heterocycles. The number of likely N-dealkylation sites (N-methyl/N-ethyl adjacent to an activating group) is 1. The Morgan fingerprint density at radius 2 is 2.00 bits per heavy atom. The lowest BCUT2D eigenvalue weighted by Gasteiger charge is -2.09. The number of benzene rings is 1. The highest BCUT2D eigenvalue weighted by atomic mass is 127. The van der Waals surface area contributed by atoms with Gasteiger partial charge in [-0.25, -0.2) is 0 Å². The van der Waals surface area contributed by atoms with Gasteiger partial charge in [0, 0.05) is 10.6 Å². The zero-order valence-corrected chi connectivity index (χ0v) is 9.03. The normalized spacial score (nSPS) is 15.1. The Kier molecular flexibility index (Phi) is 1.87. The van der Waals surface area contributed by atoms with E-state index in [4.69, 9.17) is 0 Å². The van der Waals surface area contributed by atoms with Crippen LogP contribution < -0.4 is 4.90 Å². The van der Waals surface area contributed by atoms with Crippen molar-refractivity contribution in [3.8, 4) is 0 Å². The molecule has 13 heavy (non-hydrogen) atoms. The number of carbonyl (C=O) groups is 2. The Bertz CT molecular complexity index is 414. The number of Topliss-reactive ketones (excluding diaryl/α,β-unsaturated/α-hetero) is 1. The highest BCUT2D eigenvalue weighted by molar-refractivity contribution is 14.1. The molecule has 0 unspecified atom stereocenters. The van der Waals surface area contributed by atoms with Crippen LogP contribution in [0.25, 0.3) is 0 Å². The van der Waals surface area contributed by atoms with Gasteiger partial charge in [-0.3, -0.25) is 9.59 Å². The largest absolute Gasteiger partial charge is 0.307 e. The van der Waals surface area contributed by atoms with Crippen molar-refractivity contribution < 1.29 is 9.59 Å². The van der Waals surface area contributed by atoms with Crippen LogP contribution in [-0.4, -0.2) is 18.7 Å². The van der Waals surface area contributed by atoms with Crippen molar-refractivity contribution in [3.63, 3.8) is 0 Å². The molecule has 66 valence electrons. The molecule has 3 nitrogen and oxygen atoms in total. The number of fused-ring (bicyclic) bond motifs is 1. The number of amides is 1. The Labute approximate surface area is 88.9 Å². The number of carbonyl (C=O) groups excluding carboxylic acids is 2. The smallest absolute Gasteiger partial charge is 0.299 e. The van der Waals surface area contributed by atoms with Crippen molar-refractivity contribution in [2.75, 3.05) is 11.9 Å². The molecule has 1 aromatic carbocycles. The van der Waals surface area contributed by atoms with Gasteiger partial charge in [0.15, 0.2) is 0 Å². The van der Waals surface area contributed by atoms with Crippen molar-refractivity contribution >= 4 is 40.0 Å². The van der Waals surface area contributed by atoms with Gasteiger partial charge in [-0.05, 0) is 34.7 Å². The van der Waals surface area contributed by atoms with Crippen LogP contribution in [0.15, 0.2) is 18.2 Å². The van der Waals surface area contributed by atoms with Crippen LogP contribution in [0, 0.1) is 3.57 Å². The lowest BCUT2D eigenvalue weighted by Crippen LogP contribution is -2.25. The molecule has 0 N–H and O–H groups in total. The third-order valence-electron chi connectivity index (χ3n) is 2.07. The van der Waals surface area contributed by atoms with Gasteiger partial charge in [0.05, 0.1) is 11.3 Å². The number of ketones is 1. The van der Waals surface area contributed by atoms with E-state index in [1.54, 1.807) is 19.2 Å². The first-order valence-corrected chi connectivity index (χ1v) is 4.81. The topological polar surface area (TPSA) is 37.4 Å². The highest BCUT2D eigenvalue weighted by Gasteiger charge is 2.34. The third-order valence-corrected chi connectivity index (χ3v) is 2.94. The first-order valence-electron chi connectivity index (χ1n) is 3.74. The van der Waals surface area contributed by atoms with E-state index in [-0.39, 0.29) is 0 Å².